The molecule has 1 aliphatic carbocycles. The number of fused-ring (bicyclic) bond motifs is 1. The Balaban J connectivity index is 1.82. The van der Waals surface area contributed by atoms with E-state index >= 15 is 0 Å². The monoisotopic (exact) mass is 286 g/mol. The molecule has 0 N–H and O–H groups in total. The number of allylic oxidation sites excluding steroid dienone is 2. The van der Waals surface area contributed by atoms with E-state index in [9.17, 15) is 14.0 Å². The highest BCUT2D eigenvalue weighted by Crippen LogP contribution is 2.47. The van der Waals surface area contributed by atoms with Crippen molar-refractivity contribution in [1.29, 1.82) is 0 Å². The Bertz CT molecular complexity index is 617. The third-order valence-electron chi connectivity index (χ3n) is 4.31. The average molecular weight is 286 g/mol. The smallest absolute Gasteiger partial charge is 0.318 e. The van der Waals surface area contributed by atoms with Crippen molar-refractivity contribution in [2.24, 2.45) is 23.7 Å². The van der Waals surface area contributed by atoms with Crippen LogP contribution in [0.15, 0.2) is 43.0 Å². The van der Waals surface area contributed by atoms with Crippen LogP contribution in [0.2, 0.25) is 0 Å². The normalized spacial score (nSPS) is 31.5. The maximum atomic E-state index is 12.9. The molecule has 0 bridgehead atoms. The van der Waals surface area contributed by atoms with E-state index in [0.717, 1.165) is 5.56 Å². The third-order valence-corrected chi connectivity index (χ3v) is 4.31. The number of ether oxygens (including phenoxy) is 1. The van der Waals surface area contributed by atoms with Gasteiger partial charge in [0.05, 0.1) is 11.8 Å². The van der Waals surface area contributed by atoms with E-state index in [-0.39, 0.29) is 17.7 Å². The summed E-state index contributed by atoms with van der Waals surface area (Å²) in [6.07, 6.45) is 6.19. The largest absolute Gasteiger partial charge is 0.393 e. The van der Waals surface area contributed by atoms with Crippen molar-refractivity contribution in [3.63, 3.8) is 0 Å². The van der Waals surface area contributed by atoms with Gasteiger partial charge in [-0.3, -0.25) is 9.59 Å². The first-order valence-corrected chi connectivity index (χ1v) is 6.92. The highest BCUT2D eigenvalue weighted by Gasteiger charge is 2.55. The van der Waals surface area contributed by atoms with Gasteiger partial charge in [-0.1, -0.05) is 30.4 Å². The Morgan fingerprint density at radius 3 is 2.33 bits per heavy atom. The number of esters is 2. The van der Waals surface area contributed by atoms with Crippen molar-refractivity contribution in [1.82, 2.24) is 0 Å². The zero-order valence-corrected chi connectivity index (χ0v) is 11.4. The van der Waals surface area contributed by atoms with Gasteiger partial charge in [0.2, 0.25) is 0 Å². The van der Waals surface area contributed by atoms with Gasteiger partial charge in [-0.2, -0.15) is 0 Å². The van der Waals surface area contributed by atoms with E-state index < -0.39 is 23.8 Å². The Labute approximate surface area is 122 Å². The quantitative estimate of drug-likeness (QED) is 0.487. The van der Waals surface area contributed by atoms with Gasteiger partial charge in [-0.25, -0.2) is 4.39 Å². The van der Waals surface area contributed by atoms with E-state index in [1.54, 1.807) is 18.2 Å². The fourth-order valence-electron chi connectivity index (χ4n) is 3.27. The summed E-state index contributed by atoms with van der Waals surface area (Å²) in [4.78, 5) is 23.6. The van der Waals surface area contributed by atoms with E-state index in [1.165, 1.54) is 12.1 Å². The minimum Gasteiger partial charge on any atom is -0.393 e. The summed E-state index contributed by atoms with van der Waals surface area (Å²) in [5.41, 5.74) is 0.854. The zero-order valence-electron chi connectivity index (χ0n) is 11.4. The second-order valence-electron chi connectivity index (χ2n) is 5.50. The molecule has 1 saturated carbocycles. The number of cyclic esters (lactones) is 2. The van der Waals surface area contributed by atoms with Gasteiger partial charge in [0.25, 0.3) is 0 Å². The van der Waals surface area contributed by atoms with Crippen molar-refractivity contribution >= 4 is 18.0 Å². The summed E-state index contributed by atoms with van der Waals surface area (Å²) in [5.74, 6) is -2.07. The molecule has 2 aliphatic rings. The van der Waals surface area contributed by atoms with Crippen LogP contribution in [0, 0.1) is 29.5 Å². The first kappa shape index (κ1) is 13.7. The molecule has 0 spiro atoms. The molecule has 2 fully saturated rings. The molecular weight excluding hydrogens is 271 g/mol. The van der Waals surface area contributed by atoms with Crippen molar-refractivity contribution in [2.75, 3.05) is 0 Å². The van der Waals surface area contributed by atoms with Crippen LogP contribution >= 0.6 is 0 Å². The summed E-state index contributed by atoms with van der Waals surface area (Å²) in [5, 5.41) is 0. The Morgan fingerprint density at radius 2 is 1.71 bits per heavy atom. The van der Waals surface area contributed by atoms with Gasteiger partial charge < -0.3 is 4.74 Å². The summed E-state index contributed by atoms with van der Waals surface area (Å²) in [6.45, 7) is 3.74. The predicted molar refractivity (Wildman–Crippen MR) is 75.3 cm³/mol. The Morgan fingerprint density at radius 1 is 1.10 bits per heavy atom. The molecule has 1 saturated heterocycles. The lowest BCUT2D eigenvalue weighted by molar-refractivity contribution is -0.154. The molecule has 0 unspecified atom stereocenters. The average Bonchev–Trinajstić information content (AvgIpc) is 2.98. The van der Waals surface area contributed by atoms with Gasteiger partial charge in [-0.15, -0.1) is 6.58 Å². The molecule has 4 atom stereocenters. The highest BCUT2D eigenvalue weighted by atomic mass is 19.1. The van der Waals surface area contributed by atoms with E-state index in [4.69, 9.17) is 4.74 Å². The van der Waals surface area contributed by atoms with Crippen molar-refractivity contribution in [3.8, 4) is 0 Å². The number of hydrogen-bond acceptors (Lipinski definition) is 3. The molecule has 4 heteroatoms. The SMILES string of the molecule is C=C[C@H]1C[C@@H](/C=C/c2ccc(F)cc2)[C@H]2C(=O)OC(=O)[C@H]21. The first-order valence-electron chi connectivity index (χ1n) is 6.92. The Kier molecular flexibility index (Phi) is 3.45. The fraction of sp³-hybridized carbons (Fsp3) is 0.294. The number of halogens is 1. The van der Waals surface area contributed by atoms with Crippen molar-refractivity contribution in [2.45, 2.75) is 6.42 Å². The molecule has 1 heterocycles. The molecule has 108 valence electrons. The predicted octanol–water partition coefficient (Wildman–Crippen LogP) is 2.98. The first-order chi connectivity index (χ1) is 10.1. The molecule has 3 nitrogen and oxygen atoms in total. The molecular formula is C17H15FO3. The van der Waals surface area contributed by atoms with Gasteiger partial charge in [0.15, 0.2) is 0 Å². The number of benzene rings is 1. The lowest BCUT2D eigenvalue weighted by Crippen LogP contribution is -2.19. The number of rotatable bonds is 3. The standard InChI is InChI=1S/C17H15FO3/c1-2-11-9-12(15-14(11)16(19)21-17(15)20)6-3-10-4-7-13(18)8-5-10/h2-8,11-12,14-15H,1,9H2/b6-3+/t11-,12+,14-,15+/m0/s1. The van der Waals surface area contributed by atoms with Crippen molar-refractivity contribution in [3.05, 3.63) is 54.4 Å². The van der Waals surface area contributed by atoms with E-state index in [2.05, 4.69) is 6.58 Å². The summed E-state index contributed by atoms with van der Waals surface area (Å²) < 4.78 is 17.6. The topological polar surface area (TPSA) is 43.4 Å². The maximum Gasteiger partial charge on any atom is 0.318 e. The summed E-state index contributed by atoms with van der Waals surface area (Å²) in [6, 6.07) is 6.11. The van der Waals surface area contributed by atoms with Crippen molar-refractivity contribution < 1.29 is 18.7 Å². The molecule has 3 rings (SSSR count). The number of carbonyl (C=O) groups excluding carboxylic acids is 2. The number of carbonyl (C=O) groups is 2. The molecule has 0 amide bonds. The maximum absolute atomic E-state index is 12.9. The number of hydrogen-bond donors (Lipinski definition) is 0. The van der Waals surface area contributed by atoms with Crippen LogP contribution in [0.4, 0.5) is 4.39 Å². The molecule has 1 aliphatic heterocycles. The van der Waals surface area contributed by atoms with E-state index in [0.29, 0.717) is 6.42 Å². The minimum absolute atomic E-state index is 0.0307. The Hall–Kier alpha value is -2.23. The third kappa shape index (κ3) is 2.42. The molecule has 1 aromatic rings. The molecule has 21 heavy (non-hydrogen) atoms. The highest BCUT2D eigenvalue weighted by molar-refractivity contribution is 5.97. The van der Waals surface area contributed by atoms with Crippen LogP contribution in [-0.4, -0.2) is 11.9 Å². The van der Waals surface area contributed by atoms with Gasteiger partial charge in [0.1, 0.15) is 5.82 Å². The minimum atomic E-state index is -0.442. The van der Waals surface area contributed by atoms with Crippen LogP contribution in [0.25, 0.3) is 6.08 Å². The van der Waals surface area contributed by atoms with Crippen LogP contribution < -0.4 is 0 Å². The van der Waals surface area contributed by atoms with Gasteiger partial charge in [0, 0.05) is 0 Å². The summed E-state index contributed by atoms with van der Waals surface area (Å²) >= 11 is 0. The molecule has 1 aromatic carbocycles. The lowest BCUT2D eigenvalue weighted by atomic mass is 9.89. The van der Waals surface area contributed by atoms with E-state index in [1.807, 2.05) is 12.2 Å². The van der Waals surface area contributed by atoms with Gasteiger partial charge in [-0.05, 0) is 36.0 Å². The molecule has 0 aromatic heterocycles. The fourth-order valence-corrected chi connectivity index (χ4v) is 3.27. The van der Waals surface area contributed by atoms with Gasteiger partial charge >= 0.3 is 11.9 Å². The van der Waals surface area contributed by atoms with Crippen LogP contribution in [0.5, 0.6) is 0 Å². The second-order valence-corrected chi connectivity index (χ2v) is 5.50. The molecule has 0 radical (unpaired) electrons. The zero-order chi connectivity index (χ0) is 15.0. The summed E-state index contributed by atoms with van der Waals surface area (Å²) in [7, 11) is 0. The van der Waals surface area contributed by atoms with Crippen LogP contribution in [-0.2, 0) is 14.3 Å². The van der Waals surface area contributed by atoms with Crippen LogP contribution in [0.3, 0.4) is 0 Å². The van der Waals surface area contributed by atoms with Crippen LogP contribution in [0.1, 0.15) is 12.0 Å². The second kappa shape index (κ2) is 5.28. The lowest BCUT2D eigenvalue weighted by Gasteiger charge is -2.08.